The van der Waals surface area contributed by atoms with E-state index in [9.17, 15) is 13.6 Å². The van der Waals surface area contributed by atoms with Crippen LogP contribution in [0.3, 0.4) is 0 Å². The molecule has 0 fully saturated rings. The van der Waals surface area contributed by atoms with E-state index in [1.807, 2.05) is 20.8 Å². The number of aromatic nitrogens is 2. The molecule has 1 aromatic heterocycles. The van der Waals surface area contributed by atoms with Gasteiger partial charge in [-0.2, -0.15) is 4.98 Å². The van der Waals surface area contributed by atoms with Gasteiger partial charge in [0.1, 0.15) is 11.6 Å². The topological polar surface area (TPSA) is 80.5 Å². The number of rotatable bonds is 11. The van der Waals surface area contributed by atoms with Crippen molar-refractivity contribution in [1.82, 2.24) is 20.4 Å². The molecule has 1 aromatic carbocycles. The van der Waals surface area contributed by atoms with Gasteiger partial charge in [0, 0.05) is 37.9 Å². The summed E-state index contributed by atoms with van der Waals surface area (Å²) in [6, 6.07) is 5.63. The average molecular weight is 451 g/mol. The van der Waals surface area contributed by atoms with Crippen molar-refractivity contribution >= 4 is 5.91 Å². The first-order valence-electron chi connectivity index (χ1n) is 10.6. The van der Waals surface area contributed by atoms with Crippen LogP contribution in [0.25, 0.3) is 0 Å². The lowest BCUT2D eigenvalue weighted by Gasteiger charge is -2.18. The van der Waals surface area contributed by atoms with Gasteiger partial charge in [-0.05, 0) is 43.1 Å². The van der Waals surface area contributed by atoms with E-state index in [0.717, 1.165) is 0 Å². The third kappa shape index (κ3) is 9.28. The first-order valence-corrected chi connectivity index (χ1v) is 10.6. The van der Waals surface area contributed by atoms with Crippen molar-refractivity contribution in [2.24, 2.45) is 0 Å². The molecule has 2 aromatic rings. The Kier molecular flexibility index (Phi) is 12.3. The lowest BCUT2D eigenvalue weighted by Crippen LogP contribution is -2.27. The highest BCUT2D eigenvalue weighted by Gasteiger charge is 2.20. The molecule has 7 nitrogen and oxygen atoms in total. The van der Waals surface area contributed by atoms with Gasteiger partial charge >= 0.3 is 6.01 Å². The van der Waals surface area contributed by atoms with Gasteiger partial charge in [-0.1, -0.05) is 32.9 Å². The molecule has 0 saturated carbocycles. The number of ether oxygens (including phenoxy) is 1. The number of nitrogens with zero attached hydrogens (tertiary/aromatic N) is 3. The van der Waals surface area contributed by atoms with E-state index >= 15 is 0 Å². The number of carbonyl (C=O) groups is 1. The molecular formula is C23H32F2N4O3. The molecule has 9 heteroatoms. The van der Waals surface area contributed by atoms with E-state index in [2.05, 4.69) is 15.5 Å². The highest BCUT2D eigenvalue weighted by Crippen LogP contribution is 2.25. The summed E-state index contributed by atoms with van der Waals surface area (Å²) < 4.78 is 37.2. The van der Waals surface area contributed by atoms with Crippen LogP contribution in [0, 0.1) is 5.82 Å². The minimum absolute atomic E-state index is 0.00519. The summed E-state index contributed by atoms with van der Waals surface area (Å²) in [7, 11) is 1.66. The summed E-state index contributed by atoms with van der Waals surface area (Å²) in [6.07, 6.45) is 5.44. The van der Waals surface area contributed by atoms with Crippen LogP contribution in [-0.2, 0) is 4.79 Å². The summed E-state index contributed by atoms with van der Waals surface area (Å²) in [5.74, 6) is -0.113. The van der Waals surface area contributed by atoms with Gasteiger partial charge in [0.15, 0.2) is 6.30 Å². The molecule has 0 aliphatic carbocycles. The highest BCUT2D eigenvalue weighted by atomic mass is 19.1. The van der Waals surface area contributed by atoms with Crippen molar-refractivity contribution in [2.75, 3.05) is 13.6 Å². The molecule has 32 heavy (non-hydrogen) atoms. The van der Waals surface area contributed by atoms with Gasteiger partial charge < -0.3 is 19.5 Å². The van der Waals surface area contributed by atoms with Crippen molar-refractivity contribution in [1.29, 1.82) is 0 Å². The Morgan fingerprint density at radius 2 is 2.12 bits per heavy atom. The van der Waals surface area contributed by atoms with Crippen LogP contribution in [0.4, 0.5) is 8.78 Å². The van der Waals surface area contributed by atoms with Crippen molar-refractivity contribution in [2.45, 2.75) is 52.8 Å². The van der Waals surface area contributed by atoms with Crippen molar-refractivity contribution in [3.63, 3.8) is 0 Å². The minimum atomic E-state index is -1.34. The van der Waals surface area contributed by atoms with Gasteiger partial charge in [0.2, 0.25) is 11.8 Å². The third-order valence-corrected chi connectivity index (χ3v) is 4.30. The Morgan fingerprint density at radius 3 is 2.78 bits per heavy atom. The molecule has 0 spiro atoms. The lowest BCUT2D eigenvalue weighted by molar-refractivity contribution is -0.124. The maximum Gasteiger partial charge on any atom is 0.359 e. The number of carbonyl (C=O) groups excluding carboxylic acids is 1. The van der Waals surface area contributed by atoms with Crippen molar-refractivity contribution < 1.29 is 22.8 Å². The monoisotopic (exact) mass is 450 g/mol. The normalized spacial score (nSPS) is 12.8. The van der Waals surface area contributed by atoms with E-state index in [1.54, 1.807) is 26.1 Å². The predicted molar refractivity (Wildman–Crippen MR) is 119 cm³/mol. The summed E-state index contributed by atoms with van der Waals surface area (Å²) in [5, 5.41) is 6.22. The lowest BCUT2D eigenvalue weighted by atomic mass is 10.0. The molecule has 0 bridgehead atoms. The molecule has 1 heterocycles. The minimum Gasteiger partial charge on any atom is -0.422 e. The zero-order valence-electron chi connectivity index (χ0n) is 19.2. The average Bonchev–Trinajstić information content (AvgIpc) is 3.23. The van der Waals surface area contributed by atoms with E-state index in [1.165, 1.54) is 41.5 Å². The maximum atomic E-state index is 13.3. The number of nitrogens with one attached hydrogen (secondary N) is 1. The zero-order valence-corrected chi connectivity index (χ0v) is 19.2. The maximum absolute atomic E-state index is 13.3. The van der Waals surface area contributed by atoms with Gasteiger partial charge in [0.05, 0.1) is 0 Å². The van der Waals surface area contributed by atoms with E-state index in [-0.39, 0.29) is 23.6 Å². The van der Waals surface area contributed by atoms with Crippen LogP contribution in [0.1, 0.15) is 52.3 Å². The van der Waals surface area contributed by atoms with E-state index in [0.29, 0.717) is 25.3 Å². The summed E-state index contributed by atoms with van der Waals surface area (Å²) >= 11 is 0. The first-order chi connectivity index (χ1) is 15.4. The second kappa shape index (κ2) is 14.7. The Morgan fingerprint density at radius 1 is 1.38 bits per heavy atom. The molecule has 0 radical (unpaired) electrons. The Labute approximate surface area is 188 Å². The predicted octanol–water partition coefficient (Wildman–Crippen LogP) is 5.34. The zero-order chi connectivity index (χ0) is 23.9. The molecule has 2 rings (SSSR count). The summed E-state index contributed by atoms with van der Waals surface area (Å²) in [5.41, 5.74) is 0. The van der Waals surface area contributed by atoms with Crippen LogP contribution >= 0.6 is 0 Å². The number of allylic oxidation sites excluding steroid dienone is 1. The molecule has 0 aliphatic heterocycles. The fourth-order valence-electron chi connectivity index (χ4n) is 2.59. The van der Waals surface area contributed by atoms with Crippen LogP contribution in [0.15, 0.2) is 53.2 Å². The largest absolute Gasteiger partial charge is 0.422 e. The molecule has 1 amide bonds. The number of halogens is 2. The van der Waals surface area contributed by atoms with E-state index < -0.39 is 12.1 Å². The fourth-order valence-corrected chi connectivity index (χ4v) is 2.59. The number of hydrogen-bond donors (Lipinski definition) is 1. The summed E-state index contributed by atoms with van der Waals surface area (Å²) in [6.45, 7) is 8.12. The number of amides is 1. The number of alkyl halides is 1. The van der Waals surface area contributed by atoms with Crippen molar-refractivity contribution in [3.8, 4) is 11.8 Å². The Bertz CT molecular complexity index is 870. The van der Waals surface area contributed by atoms with Crippen molar-refractivity contribution in [3.05, 3.63) is 60.4 Å². The number of benzene rings is 1. The molecule has 0 saturated heterocycles. The first kappa shape index (κ1) is 26.8. The highest BCUT2D eigenvalue weighted by molar-refractivity contribution is 5.87. The van der Waals surface area contributed by atoms with E-state index in [4.69, 9.17) is 9.26 Å². The standard InChI is InChI=1S/C21H26F2N4O3.C2H6/c1-4-7-18(23)24-12-10-19(28)27(3)13-11-15(5-2)20-25-21(26-30-20)29-17-9-6-8-16(22)14-17;1-2/h4,6-10,12,14-15,18,24H,5,11,13H2,1-3H3;1-2H3/b7-4-,12-10+;/t15-,18?;/m0./s1. The summed E-state index contributed by atoms with van der Waals surface area (Å²) in [4.78, 5) is 17.8. The fraction of sp³-hybridized carbons (Fsp3) is 0.435. The molecule has 1 unspecified atom stereocenters. The second-order valence-electron chi connectivity index (χ2n) is 6.56. The van der Waals surface area contributed by atoms with Crippen LogP contribution in [-0.4, -0.2) is 40.8 Å². The smallest absolute Gasteiger partial charge is 0.359 e. The molecule has 0 aliphatic rings. The van der Waals surface area contributed by atoms with Crippen LogP contribution in [0.2, 0.25) is 0 Å². The Hall–Kier alpha value is -3.23. The number of hydrogen-bond acceptors (Lipinski definition) is 6. The van der Waals surface area contributed by atoms with Gasteiger partial charge in [-0.15, -0.1) is 0 Å². The SMILES string of the molecule is C/C=C\C(F)N/C=C/C(=O)N(C)CC[C@H](CC)c1nc(Oc2cccc(F)c2)no1.CC. The number of likely N-dealkylation sites (N-methyl/N-ethyl adjacent to an activating group) is 1. The third-order valence-electron chi connectivity index (χ3n) is 4.30. The van der Waals surface area contributed by atoms with Gasteiger partial charge in [0.25, 0.3) is 0 Å². The van der Waals surface area contributed by atoms with Gasteiger partial charge in [-0.25, -0.2) is 8.78 Å². The quantitative estimate of drug-likeness (QED) is 0.283. The molecule has 176 valence electrons. The van der Waals surface area contributed by atoms with Gasteiger partial charge in [-0.3, -0.25) is 4.79 Å². The molecule has 2 atom stereocenters. The van der Waals surface area contributed by atoms with Crippen LogP contribution in [0.5, 0.6) is 11.8 Å². The molecule has 1 N–H and O–H groups in total. The van der Waals surface area contributed by atoms with Crippen LogP contribution < -0.4 is 10.1 Å². The second-order valence-corrected chi connectivity index (χ2v) is 6.56. The molecular weight excluding hydrogens is 418 g/mol. The Balaban J connectivity index is 0.00000249.